The molecular formula is C15H25N3O3. The van der Waals surface area contributed by atoms with Crippen molar-refractivity contribution in [1.82, 2.24) is 9.80 Å². The van der Waals surface area contributed by atoms with Crippen LogP contribution in [0.2, 0.25) is 0 Å². The number of hydrogen-bond acceptors (Lipinski definition) is 5. The smallest absolute Gasteiger partial charge is 0.266 e. The summed E-state index contributed by atoms with van der Waals surface area (Å²) in [5.41, 5.74) is 0.184. The molecule has 1 aliphatic rings. The van der Waals surface area contributed by atoms with Gasteiger partial charge in [-0.25, -0.2) is 0 Å². The Morgan fingerprint density at radius 2 is 1.76 bits per heavy atom. The third-order valence-corrected chi connectivity index (χ3v) is 3.47. The molecule has 6 nitrogen and oxygen atoms in total. The van der Waals surface area contributed by atoms with Crippen LogP contribution in [0.15, 0.2) is 11.8 Å². The molecule has 0 saturated carbocycles. The highest BCUT2D eigenvalue weighted by Gasteiger charge is 2.20. The summed E-state index contributed by atoms with van der Waals surface area (Å²) in [5.74, 6) is -0.169. The van der Waals surface area contributed by atoms with E-state index in [1.165, 1.54) is 0 Å². The Hall–Kier alpha value is -1.58. The monoisotopic (exact) mass is 295 g/mol. The van der Waals surface area contributed by atoms with Gasteiger partial charge in [-0.2, -0.15) is 5.26 Å². The van der Waals surface area contributed by atoms with E-state index in [9.17, 15) is 10.1 Å². The van der Waals surface area contributed by atoms with Gasteiger partial charge in [0.1, 0.15) is 11.6 Å². The highest BCUT2D eigenvalue weighted by atomic mass is 16.5. The number of methoxy groups -OCH3 is 2. The molecule has 118 valence electrons. The molecule has 0 spiro atoms. The van der Waals surface area contributed by atoms with Crippen molar-refractivity contribution in [2.24, 2.45) is 0 Å². The van der Waals surface area contributed by atoms with Crippen molar-refractivity contribution in [1.29, 1.82) is 5.26 Å². The molecule has 0 bridgehead atoms. The highest BCUT2D eigenvalue weighted by molar-refractivity contribution is 5.97. The molecule has 1 amide bonds. The molecular weight excluding hydrogens is 270 g/mol. The van der Waals surface area contributed by atoms with Crippen molar-refractivity contribution in [3.05, 3.63) is 11.8 Å². The Labute approximate surface area is 126 Å². The SMILES string of the molecule is COCCN(/C=C(/C#N)C(=O)N1CCCCC1)CCOC. The van der Waals surface area contributed by atoms with Gasteiger partial charge < -0.3 is 19.3 Å². The van der Waals surface area contributed by atoms with Gasteiger partial charge in [0.15, 0.2) is 0 Å². The minimum atomic E-state index is -0.169. The topological polar surface area (TPSA) is 65.8 Å². The fourth-order valence-electron chi connectivity index (χ4n) is 2.24. The Morgan fingerprint density at radius 1 is 1.19 bits per heavy atom. The molecule has 1 fully saturated rings. The third kappa shape index (κ3) is 6.15. The number of nitriles is 1. The first kappa shape index (κ1) is 17.5. The average Bonchev–Trinajstić information content (AvgIpc) is 2.54. The van der Waals surface area contributed by atoms with E-state index in [2.05, 4.69) is 0 Å². The molecule has 0 aromatic carbocycles. The maximum absolute atomic E-state index is 12.4. The molecule has 1 aliphatic heterocycles. The van der Waals surface area contributed by atoms with Gasteiger partial charge in [-0.05, 0) is 19.3 Å². The van der Waals surface area contributed by atoms with E-state index in [0.717, 1.165) is 32.4 Å². The first-order valence-electron chi connectivity index (χ1n) is 7.36. The van der Waals surface area contributed by atoms with Crippen molar-refractivity contribution < 1.29 is 14.3 Å². The second kappa shape index (κ2) is 10.2. The quantitative estimate of drug-likeness (QED) is 0.494. The van der Waals surface area contributed by atoms with Crippen LogP contribution in [0.5, 0.6) is 0 Å². The summed E-state index contributed by atoms with van der Waals surface area (Å²) in [4.78, 5) is 16.0. The second-order valence-corrected chi connectivity index (χ2v) is 5.03. The van der Waals surface area contributed by atoms with Crippen LogP contribution in [-0.4, -0.2) is 69.3 Å². The zero-order chi connectivity index (χ0) is 15.5. The predicted octanol–water partition coefficient (Wildman–Crippen LogP) is 1.00. The van der Waals surface area contributed by atoms with Gasteiger partial charge in [0, 0.05) is 46.6 Å². The van der Waals surface area contributed by atoms with Crippen LogP contribution in [0.4, 0.5) is 0 Å². The number of carbonyl (C=O) groups excluding carboxylic acids is 1. The molecule has 1 heterocycles. The normalized spacial score (nSPS) is 15.7. The number of piperidine rings is 1. The van der Waals surface area contributed by atoms with Gasteiger partial charge in [-0.3, -0.25) is 4.79 Å². The van der Waals surface area contributed by atoms with E-state index in [4.69, 9.17) is 9.47 Å². The predicted molar refractivity (Wildman–Crippen MR) is 79.5 cm³/mol. The van der Waals surface area contributed by atoms with E-state index in [1.54, 1.807) is 25.3 Å². The van der Waals surface area contributed by atoms with E-state index >= 15 is 0 Å². The lowest BCUT2D eigenvalue weighted by Crippen LogP contribution is -2.37. The molecule has 21 heavy (non-hydrogen) atoms. The summed E-state index contributed by atoms with van der Waals surface area (Å²) in [6.07, 6.45) is 4.82. The molecule has 0 unspecified atom stereocenters. The van der Waals surface area contributed by atoms with E-state index in [0.29, 0.717) is 26.3 Å². The van der Waals surface area contributed by atoms with Crippen molar-refractivity contribution in [3.8, 4) is 6.07 Å². The Balaban J connectivity index is 2.71. The average molecular weight is 295 g/mol. The molecule has 1 saturated heterocycles. The zero-order valence-corrected chi connectivity index (χ0v) is 13.0. The minimum absolute atomic E-state index is 0.169. The number of ether oxygens (including phenoxy) is 2. The van der Waals surface area contributed by atoms with Crippen LogP contribution in [0.1, 0.15) is 19.3 Å². The molecule has 0 N–H and O–H groups in total. The van der Waals surface area contributed by atoms with Crippen LogP contribution in [0, 0.1) is 11.3 Å². The van der Waals surface area contributed by atoms with Crippen LogP contribution in [-0.2, 0) is 14.3 Å². The number of carbonyl (C=O) groups is 1. The molecule has 0 radical (unpaired) electrons. The maximum atomic E-state index is 12.4. The summed E-state index contributed by atoms with van der Waals surface area (Å²) in [6.45, 7) is 3.81. The molecule has 1 rings (SSSR count). The molecule has 0 aromatic heterocycles. The second-order valence-electron chi connectivity index (χ2n) is 5.03. The Bertz CT molecular complexity index is 376. The Kier molecular flexibility index (Phi) is 8.48. The zero-order valence-electron chi connectivity index (χ0n) is 13.0. The first-order chi connectivity index (χ1) is 10.2. The lowest BCUT2D eigenvalue weighted by atomic mass is 10.1. The lowest BCUT2D eigenvalue weighted by Gasteiger charge is -2.27. The largest absolute Gasteiger partial charge is 0.383 e. The van der Waals surface area contributed by atoms with Gasteiger partial charge in [0.2, 0.25) is 0 Å². The van der Waals surface area contributed by atoms with Crippen LogP contribution in [0.3, 0.4) is 0 Å². The molecule has 6 heteroatoms. The molecule has 0 aliphatic carbocycles. The molecule has 0 aromatic rings. The number of amides is 1. The summed E-state index contributed by atoms with van der Waals surface area (Å²) >= 11 is 0. The van der Waals surface area contributed by atoms with Gasteiger partial charge in [0.25, 0.3) is 5.91 Å². The van der Waals surface area contributed by atoms with Gasteiger partial charge in [0.05, 0.1) is 13.2 Å². The maximum Gasteiger partial charge on any atom is 0.266 e. The van der Waals surface area contributed by atoms with Crippen LogP contribution in [0.25, 0.3) is 0 Å². The van der Waals surface area contributed by atoms with Crippen molar-refractivity contribution in [2.45, 2.75) is 19.3 Å². The van der Waals surface area contributed by atoms with Gasteiger partial charge >= 0.3 is 0 Å². The van der Waals surface area contributed by atoms with E-state index in [1.807, 2.05) is 11.0 Å². The summed E-state index contributed by atoms with van der Waals surface area (Å²) in [7, 11) is 3.25. The van der Waals surface area contributed by atoms with E-state index in [-0.39, 0.29) is 11.5 Å². The van der Waals surface area contributed by atoms with Gasteiger partial charge in [-0.15, -0.1) is 0 Å². The summed E-state index contributed by atoms with van der Waals surface area (Å²) in [5, 5.41) is 9.27. The fourth-order valence-corrected chi connectivity index (χ4v) is 2.24. The number of nitrogens with zero attached hydrogens (tertiary/aromatic N) is 3. The van der Waals surface area contributed by atoms with Crippen molar-refractivity contribution in [3.63, 3.8) is 0 Å². The summed E-state index contributed by atoms with van der Waals surface area (Å²) < 4.78 is 10.1. The lowest BCUT2D eigenvalue weighted by molar-refractivity contribution is -0.127. The number of hydrogen-bond donors (Lipinski definition) is 0. The highest BCUT2D eigenvalue weighted by Crippen LogP contribution is 2.12. The minimum Gasteiger partial charge on any atom is -0.383 e. The Morgan fingerprint density at radius 3 is 2.24 bits per heavy atom. The standard InChI is InChI=1S/C15H25N3O3/c1-20-10-8-17(9-11-21-2)13-14(12-16)15(19)18-6-4-3-5-7-18/h13H,3-11H2,1-2H3/b14-13-. The molecule has 0 atom stereocenters. The van der Waals surface area contributed by atoms with Gasteiger partial charge in [-0.1, -0.05) is 0 Å². The fraction of sp³-hybridized carbons (Fsp3) is 0.733. The number of likely N-dealkylation sites (tertiary alicyclic amines) is 1. The third-order valence-electron chi connectivity index (χ3n) is 3.47. The van der Waals surface area contributed by atoms with Crippen LogP contribution < -0.4 is 0 Å². The van der Waals surface area contributed by atoms with Crippen molar-refractivity contribution >= 4 is 5.91 Å². The number of rotatable bonds is 8. The summed E-state index contributed by atoms with van der Waals surface area (Å²) in [6, 6.07) is 2.03. The van der Waals surface area contributed by atoms with E-state index < -0.39 is 0 Å². The first-order valence-corrected chi connectivity index (χ1v) is 7.36. The van der Waals surface area contributed by atoms with Crippen LogP contribution >= 0.6 is 0 Å². The van der Waals surface area contributed by atoms with Crippen molar-refractivity contribution in [2.75, 3.05) is 53.6 Å².